The van der Waals surface area contributed by atoms with Gasteiger partial charge in [0.1, 0.15) is 16.6 Å². The number of rotatable bonds is 5. The molecular weight excluding hydrogens is 208 g/mol. The zero-order valence-electron chi connectivity index (χ0n) is 9.54. The van der Waals surface area contributed by atoms with E-state index in [-0.39, 0.29) is 6.10 Å². The highest BCUT2D eigenvalue weighted by atomic mass is 32.1. The second-order valence-electron chi connectivity index (χ2n) is 3.48. The van der Waals surface area contributed by atoms with Gasteiger partial charge in [0, 0.05) is 12.3 Å². The molecule has 0 radical (unpaired) electrons. The van der Waals surface area contributed by atoms with Crippen molar-refractivity contribution in [1.82, 2.24) is 9.97 Å². The van der Waals surface area contributed by atoms with E-state index in [4.69, 9.17) is 17.0 Å². The summed E-state index contributed by atoms with van der Waals surface area (Å²) in [5.41, 5.74) is 1.14. The fourth-order valence-corrected chi connectivity index (χ4v) is 1.69. The molecule has 1 heterocycles. The molecule has 1 unspecified atom stereocenters. The summed E-state index contributed by atoms with van der Waals surface area (Å²) in [6.07, 6.45) is 2.07. The zero-order valence-corrected chi connectivity index (χ0v) is 10.4. The van der Waals surface area contributed by atoms with Crippen molar-refractivity contribution in [3.05, 3.63) is 22.2 Å². The smallest absolute Gasteiger partial charge is 0.136 e. The summed E-state index contributed by atoms with van der Waals surface area (Å²) in [6, 6.07) is 1.92. The highest BCUT2D eigenvalue weighted by Crippen LogP contribution is 2.12. The third-order valence-electron chi connectivity index (χ3n) is 2.14. The van der Waals surface area contributed by atoms with Crippen LogP contribution in [0.4, 0.5) is 0 Å². The first-order valence-corrected chi connectivity index (χ1v) is 5.80. The molecule has 0 saturated carbocycles. The van der Waals surface area contributed by atoms with Gasteiger partial charge in [-0.1, -0.05) is 25.6 Å². The molecule has 84 valence electrons. The molecule has 1 rings (SSSR count). The first-order chi connectivity index (χ1) is 7.17. The van der Waals surface area contributed by atoms with Gasteiger partial charge in [0.05, 0.1) is 0 Å². The van der Waals surface area contributed by atoms with Crippen molar-refractivity contribution in [3.63, 3.8) is 0 Å². The molecule has 15 heavy (non-hydrogen) atoms. The first-order valence-electron chi connectivity index (χ1n) is 5.39. The molecule has 0 aliphatic heterocycles. The lowest BCUT2D eigenvalue weighted by Crippen LogP contribution is -2.07. The van der Waals surface area contributed by atoms with Crippen LogP contribution in [0.1, 0.15) is 44.8 Å². The van der Waals surface area contributed by atoms with Crippen molar-refractivity contribution in [3.8, 4) is 0 Å². The standard InChI is InChI=1S/C11H18N2OS/c1-4-6-9-7-10(15)13-11(12-9)8(3)14-5-2/h7-8H,4-6H2,1-3H3,(H,12,13,15). The Balaban J connectivity index is 2.92. The Bertz CT molecular complexity index is 362. The van der Waals surface area contributed by atoms with E-state index in [1.807, 2.05) is 19.9 Å². The van der Waals surface area contributed by atoms with E-state index < -0.39 is 0 Å². The van der Waals surface area contributed by atoms with Crippen molar-refractivity contribution in [2.45, 2.75) is 39.7 Å². The van der Waals surface area contributed by atoms with Crippen molar-refractivity contribution < 1.29 is 4.74 Å². The van der Waals surface area contributed by atoms with Crippen molar-refractivity contribution >= 4 is 12.2 Å². The summed E-state index contributed by atoms with van der Waals surface area (Å²) in [6.45, 7) is 6.78. The monoisotopic (exact) mass is 226 g/mol. The maximum atomic E-state index is 5.48. The average Bonchev–Trinajstić information content (AvgIpc) is 2.17. The summed E-state index contributed by atoms with van der Waals surface area (Å²) in [5, 5.41) is 0. The van der Waals surface area contributed by atoms with E-state index in [1.165, 1.54) is 0 Å². The molecule has 0 aliphatic carbocycles. The summed E-state index contributed by atoms with van der Waals surface area (Å²) in [7, 11) is 0. The van der Waals surface area contributed by atoms with Crippen LogP contribution < -0.4 is 0 Å². The summed E-state index contributed by atoms with van der Waals surface area (Å²) < 4.78 is 6.11. The molecule has 1 aromatic heterocycles. The summed E-state index contributed by atoms with van der Waals surface area (Å²) in [4.78, 5) is 7.54. The minimum Gasteiger partial charge on any atom is -0.371 e. The Morgan fingerprint density at radius 1 is 1.53 bits per heavy atom. The van der Waals surface area contributed by atoms with E-state index >= 15 is 0 Å². The average molecular weight is 226 g/mol. The molecule has 1 N–H and O–H groups in total. The van der Waals surface area contributed by atoms with E-state index in [0.717, 1.165) is 24.4 Å². The van der Waals surface area contributed by atoms with E-state index in [9.17, 15) is 0 Å². The predicted octanol–water partition coefficient (Wildman–Crippen LogP) is 3.19. The predicted molar refractivity (Wildman–Crippen MR) is 63.5 cm³/mol. The number of nitrogens with zero attached hydrogens (tertiary/aromatic N) is 1. The Hall–Kier alpha value is -0.740. The Morgan fingerprint density at radius 2 is 2.27 bits per heavy atom. The van der Waals surface area contributed by atoms with E-state index in [1.54, 1.807) is 0 Å². The van der Waals surface area contributed by atoms with Gasteiger partial charge < -0.3 is 9.72 Å². The SMILES string of the molecule is CCCc1cc(=S)nc(C(C)OCC)[nH]1. The van der Waals surface area contributed by atoms with Gasteiger partial charge in [-0.05, 0) is 26.3 Å². The van der Waals surface area contributed by atoms with Crippen molar-refractivity contribution in [1.29, 1.82) is 0 Å². The minimum absolute atomic E-state index is 0.0199. The first kappa shape index (κ1) is 12.3. The lowest BCUT2D eigenvalue weighted by atomic mass is 10.2. The lowest BCUT2D eigenvalue weighted by Gasteiger charge is -2.12. The zero-order chi connectivity index (χ0) is 11.3. The number of nitrogens with one attached hydrogen (secondary N) is 1. The fraction of sp³-hybridized carbons (Fsp3) is 0.636. The molecule has 0 aliphatic rings. The molecule has 1 aromatic rings. The number of hydrogen-bond donors (Lipinski definition) is 1. The number of aromatic nitrogens is 2. The molecule has 1 atom stereocenters. The van der Waals surface area contributed by atoms with Crippen LogP contribution in [0, 0.1) is 4.64 Å². The normalized spacial score (nSPS) is 12.7. The quantitative estimate of drug-likeness (QED) is 0.783. The largest absolute Gasteiger partial charge is 0.371 e. The maximum Gasteiger partial charge on any atom is 0.136 e. The molecule has 3 nitrogen and oxygen atoms in total. The second-order valence-corrected chi connectivity index (χ2v) is 3.90. The van der Waals surface area contributed by atoms with Gasteiger partial charge in [-0.3, -0.25) is 0 Å². The van der Waals surface area contributed by atoms with Crippen LogP contribution in [-0.4, -0.2) is 16.6 Å². The van der Waals surface area contributed by atoms with E-state index in [2.05, 4.69) is 16.9 Å². The van der Waals surface area contributed by atoms with E-state index in [0.29, 0.717) is 11.2 Å². The molecule has 0 saturated heterocycles. The van der Waals surface area contributed by atoms with Crippen molar-refractivity contribution in [2.75, 3.05) is 6.61 Å². The lowest BCUT2D eigenvalue weighted by molar-refractivity contribution is 0.0698. The number of hydrogen-bond acceptors (Lipinski definition) is 3. The van der Waals surface area contributed by atoms with Gasteiger partial charge in [0.15, 0.2) is 0 Å². The highest BCUT2D eigenvalue weighted by Gasteiger charge is 2.07. The second kappa shape index (κ2) is 5.98. The summed E-state index contributed by atoms with van der Waals surface area (Å²) >= 11 is 5.12. The van der Waals surface area contributed by atoms with Crippen LogP contribution in [0.2, 0.25) is 0 Å². The fourth-order valence-electron chi connectivity index (χ4n) is 1.45. The Kier molecular flexibility index (Phi) is 4.91. The van der Waals surface area contributed by atoms with Crippen LogP contribution in [0.25, 0.3) is 0 Å². The van der Waals surface area contributed by atoms with Gasteiger partial charge in [-0.2, -0.15) is 0 Å². The van der Waals surface area contributed by atoms with Crippen LogP contribution in [0.15, 0.2) is 6.07 Å². The molecule has 0 spiro atoms. The number of aryl methyl sites for hydroxylation is 1. The van der Waals surface area contributed by atoms with Gasteiger partial charge >= 0.3 is 0 Å². The van der Waals surface area contributed by atoms with Crippen LogP contribution in [0.5, 0.6) is 0 Å². The topological polar surface area (TPSA) is 37.9 Å². The van der Waals surface area contributed by atoms with Crippen molar-refractivity contribution in [2.24, 2.45) is 0 Å². The van der Waals surface area contributed by atoms with Gasteiger partial charge in [-0.15, -0.1) is 0 Å². The maximum absolute atomic E-state index is 5.48. The van der Waals surface area contributed by atoms with Gasteiger partial charge in [-0.25, -0.2) is 4.98 Å². The van der Waals surface area contributed by atoms with Crippen LogP contribution in [0.3, 0.4) is 0 Å². The highest BCUT2D eigenvalue weighted by molar-refractivity contribution is 7.71. The molecule has 0 amide bonds. The molecule has 0 aromatic carbocycles. The number of H-pyrrole nitrogens is 1. The summed E-state index contributed by atoms with van der Waals surface area (Å²) in [5.74, 6) is 0.827. The molecule has 0 fully saturated rings. The number of aromatic amines is 1. The van der Waals surface area contributed by atoms with Crippen LogP contribution >= 0.6 is 12.2 Å². The van der Waals surface area contributed by atoms with Crippen LogP contribution in [-0.2, 0) is 11.2 Å². The third kappa shape index (κ3) is 3.72. The molecular formula is C11H18N2OS. The molecule has 4 heteroatoms. The Morgan fingerprint density at radius 3 is 2.87 bits per heavy atom. The number of ether oxygens (including phenoxy) is 1. The third-order valence-corrected chi connectivity index (χ3v) is 2.35. The molecule has 0 bridgehead atoms. The van der Waals surface area contributed by atoms with Gasteiger partial charge in [0.2, 0.25) is 0 Å². The Labute approximate surface area is 95.9 Å². The minimum atomic E-state index is -0.0199. The van der Waals surface area contributed by atoms with Gasteiger partial charge in [0.25, 0.3) is 0 Å².